The number of nitrogens with zero attached hydrogens (tertiary/aromatic N) is 4. The van der Waals surface area contributed by atoms with Gasteiger partial charge in [0, 0.05) is 38.4 Å². The van der Waals surface area contributed by atoms with Crippen LogP contribution in [-0.2, 0) is 4.74 Å². The maximum atomic E-state index is 14.7. The Bertz CT molecular complexity index is 886. The summed E-state index contributed by atoms with van der Waals surface area (Å²) in [5.41, 5.74) is -0.618. The highest BCUT2D eigenvalue weighted by atomic mass is 35.5. The summed E-state index contributed by atoms with van der Waals surface area (Å²) < 4.78 is 19.7. The van der Waals surface area contributed by atoms with E-state index in [9.17, 15) is 19.3 Å². The number of non-ortho nitro benzene ring substituents is 1. The number of rotatable bonds is 5. The van der Waals surface area contributed by atoms with Crippen molar-refractivity contribution in [3.8, 4) is 0 Å². The Morgan fingerprint density at radius 3 is 2.54 bits per heavy atom. The zero-order valence-electron chi connectivity index (χ0n) is 15.1. The van der Waals surface area contributed by atoms with Gasteiger partial charge in [0.1, 0.15) is 5.82 Å². The van der Waals surface area contributed by atoms with E-state index in [1.54, 1.807) is 30.2 Å². The van der Waals surface area contributed by atoms with Crippen LogP contribution < -0.4 is 9.80 Å². The fraction of sp³-hybridized carbons (Fsp3) is 0.333. The Hall–Kier alpha value is -2.94. The predicted molar refractivity (Wildman–Crippen MR) is 103 cm³/mol. The first-order valence-electron chi connectivity index (χ1n) is 8.67. The Balaban J connectivity index is 1.86. The molecule has 1 aromatic heterocycles. The number of anilines is 2. The molecule has 1 aliphatic heterocycles. The minimum atomic E-state index is -0.824. The number of aromatic nitrogens is 1. The molecule has 0 aliphatic carbocycles. The zero-order valence-corrected chi connectivity index (χ0v) is 15.9. The van der Waals surface area contributed by atoms with Crippen molar-refractivity contribution in [3.63, 3.8) is 0 Å². The van der Waals surface area contributed by atoms with Crippen LogP contribution in [0.2, 0.25) is 5.02 Å². The molecule has 0 bridgehead atoms. The summed E-state index contributed by atoms with van der Waals surface area (Å²) in [7, 11) is 0. The van der Waals surface area contributed by atoms with Crippen molar-refractivity contribution < 1.29 is 18.8 Å². The van der Waals surface area contributed by atoms with Crippen molar-refractivity contribution in [3.05, 3.63) is 57.0 Å². The van der Waals surface area contributed by atoms with Crippen molar-refractivity contribution in [2.24, 2.45) is 0 Å². The van der Waals surface area contributed by atoms with Crippen LogP contribution in [-0.4, -0.2) is 48.7 Å². The molecule has 0 radical (unpaired) electrons. The molecule has 0 N–H and O–H groups in total. The van der Waals surface area contributed by atoms with E-state index in [4.69, 9.17) is 16.3 Å². The maximum absolute atomic E-state index is 14.7. The summed E-state index contributed by atoms with van der Waals surface area (Å²) in [6, 6.07) is 5.42. The number of benzene rings is 1. The van der Waals surface area contributed by atoms with Gasteiger partial charge in [-0.15, -0.1) is 0 Å². The first kappa shape index (κ1) is 19.8. The number of hydrogen-bond donors (Lipinski definition) is 0. The quantitative estimate of drug-likeness (QED) is 0.426. The van der Waals surface area contributed by atoms with Gasteiger partial charge in [-0.25, -0.2) is 14.2 Å². The highest BCUT2D eigenvalue weighted by Gasteiger charge is 2.28. The number of carbonyl (C=O) groups is 1. The summed E-state index contributed by atoms with van der Waals surface area (Å²) in [4.78, 5) is 30.6. The number of nitro groups is 1. The van der Waals surface area contributed by atoms with Gasteiger partial charge in [0.2, 0.25) is 0 Å². The maximum Gasteiger partial charge on any atom is 0.340 e. The van der Waals surface area contributed by atoms with Crippen LogP contribution in [0.5, 0.6) is 0 Å². The zero-order chi connectivity index (χ0) is 20.3. The molecule has 0 atom stereocenters. The fourth-order valence-electron chi connectivity index (χ4n) is 3.09. The number of ether oxygens (including phenoxy) is 1. The number of hydrogen-bond acceptors (Lipinski definition) is 7. The van der Waals surface area contributed by atoms with E-state index in [0.717, 1.165) is 18.0 Å². The van der Waals surface area contributed by atoms with Crippen molar-refractivity contribution in [1.82, 2.24) is 4.98 Å². The first-order valence-corrected chi connectivity index (χ1v) is 9.05. The van der Waals surface area contributed by atoms with Crippen LogP contribution >= 0.6 is 11.6 Å². The van der Waals surface area contributed by atoms with Crippen LogP contribution in [0.4, 0.5) is 21.6 Å². The molecule has 1 aliphatic rings. The standard InChI is InChI=1S/C18H18ClFN4O4/c1-2-28-18(25)14-9-13(24(26)27)10-15(20)17(14)23-7-5-22(6-8-23)16-4-3-12(19)11-21-16/h3-4,9-11H,2,5-8H2,1H3. The van der Waals surface area contributed by atoms with E-state index in [0.29, 0.717) is 31.2 Å². The molecule has 0 saturated carbocycles. The Morgan fingerprint density at radius 2 is 1.96 bits per heavy atom. The Labute approximate surface area is 165 Å². The highest BCUT2D eigenvalue weighted by Crippen LogP contribution is 2.31. The third kappa shape index (κ3) is 4.14. The minimum absolute atomic E-state index is 0.0211. The number of carbonyl (C=O) groups excluding carboxylic acids is 1. The largest absolute Gasteiger partial charge is 0.462 e. The van der Waals surface area contributed by atoms with Crippen LogP contribution in [0.25, 0.3) is 0 Å². The fourth-order valence-corrected chi connectivity index (χ4v) is 3.20. The van der Waals surface area contributed by atoms with Gasteiger partial charge < -0.3 is 14.5 Å². The second-order valence-electron chi connectivity index (χ2n) is 6.11. The van der Waals surface area contributed by atoms with E-state index in [-0.39, 0.29) is 17.9 Å². The molecule has 2 aromatic rings. The molecule has 2 heterocycles. The van der Waals surface area contributed by atoms with E-state index < -0.39 is 22.4 Å². The number of esters is 1. The Kier molecular flexibility index (Phi) is 5.93. The molecular formula is C18H18ClFN4O4. The lowest BCUT2D eigenvalue weighted by atomic mass is 10.1. The van der Waals surface area contributed by atoms with Crippen molar-refractivity contribution >= 4 is 34.8 Å². The number of pyridine rings is 1. The predicted octanol–water partition coefficient (Wildman–Crippen LogP) is 3.29. The highest BCUT2D eigenvalue weighted by molar-refractivity contribution is 6.30. The molecule has 0 spiro atoms. The van der Waals surface area contributed by atoms with Gasteiger partial charge in [-0.2, -0.15) is 0 Å². The number of halogens is 2. The van der Waals surface area contributed by atoms with Crippen LogP contribution in [0, 0.1) is 15.9 Å². The molecule has 1 saturated heterocycles. The molecule has 3 rings (SSSR count). The summed E-state index contributed by atoms with van der Waals surface area (Å²) in [5, 5.41) is 11.6. The van der Waals surface area contributed by atoms with Gasteiger partial charge in [-0.1, -0.05) is 11.6 Å². The summed E-state index contributed by atoms with van der Waals surface area (Å²) >= 11 is 5.86. The Morgan fingerprint density at radius 1 is 1.29 bits per heavy atom. The van der Waals surface area contributed by atoms with Crippen molar-refractivity contribution in [2.75, 3.05) is 42.6 Å². The molecule has 28 heavy (non-hydrogen) atoms. The molecule has 1 aromatic carbocycles. The first-order chi connectivity index (χ1) is 13.4. The smallest absolute Gasteiger partial charge is 0.340 e. The van der Waals surface area contributed by atoms with Crippen molar-refractivity contribution in [1.29, 1.82) is 0 Å². The lowest BCUT2D eigenvalue weighted by Crippen LogP contribution is -2.47. The monoisotopic (exact) mass is 408 g/mol. The second kappa shape index (κ2) is 8.39. The molecule has 10 heteroatoms. The van der Waals surface area contributed by atoms with Crippen LogP contribution in [0.3, 0.4) is 0 Å². The van der Waals surface area contributed by atoms with Gasteiger partial charge in [0.05, 0.1) is 33.9 Å². The number of nitro benzene ring substituents is 1. The molecule has 148 valence electrons. The van der Waals surface area contributed by atoms with Gasteiger partial charge in [0.25, 0.3) is 5.69 Å². The summed E-state index contributed by atoms with van der Waals surface area (Å²) in [6.07, 6.45) is 1.55. The third-order valence-electron chi connectivity index (χ3n) is 4.39. The topological polar surface area (TPSA) is 88.8 Å². The van der Waals surface area contributed by atoms with Crippen LogP contribution in [0.15, 0.2) is 30.5 Å². The lowest BCUT2D eigenvalue weighted by molar-refractivity contribution is -0.385. The minimum Gasteiger partial charge on any atom is -0.462 e. The van der Waals surface area contributed by atoms with E-state index >= 15 is 0 Å². The molecule has 0 amide bonds. The van der Waals surface area contributed by atoms with Gasteiger partial charge in [-0.3, -0.25) is 10.1 Å². The van der Waals surface area contributed by atoms with Crippen LogP contribution in [0.1, 0.15) is 17.3 Å². The van der Waals surface area contributed by atoms with E-state index in [2.05, 4.69) is 4.98 Å². The summed E-state index contributed by atoms with van der Waals surface area (Å²) in [5.74, 6) is -0.865. The van der Waals surface area contributed by atoms with Gasteiger partial charge in [-0.05, 0) is 19.1 Å². The third-order valence-corrected chi connectivity index (χ3v) is 4.61. The van der Waals surface area contributed by atoms with Gasteiger partial charge >= 0.3 is 5.97 Å². The number of piperazine rings is 1. The average Bonchev–Trinajstić information content (AvgIpc) is 2.68. The van der Waals surface area contributed by atoms with E-state index in [1.807, 2.05) is 4.90 Å². The summed E-state index contributed by atoms with van der Waals surface area (Å²) in [6.45, 7) is 3.58. The molecule has 1 fully saturated rings. The second-order valence-corrected chi connectivity index (χ2v) is 6.55. The average molecular weight is 409 g/mol. The SMILES string of the molecule is CCOC(=O)c1cc([N+](=O)[O-])cc(F)c1N1CCN(c2ccc(Cl)cn2)CC1. The van der Waals surface area contributed by atoms with E-state index in [1.165, 1.54) is 0 Å². The lowest BCUT2D eigenvalue weighted by Gasteiger charge is -2.37. The molecule has 8 nitrogen and oxygen atoms in total. The molecular weight excluding hydrogens is 391 g/mol. The normalized spacial score (nSPS) is 14.1. The van der Waals surface area contributed by atoms with Crippen molar-refractivity contribution in [2.45, 2.75) is 6.92 Å². The van der Waals surface area contributed by atoms with Gasteiger partial charge in [0.15, 0.2) is 5.82 Å². The molecule has 0 unspecified atom stereocenters.